The van der Waals surface area contributed by atoms with Gasteiger partial charge in [-0.1, -0.05) is 0 Å². The van der Waals surface area contributed by atoms with Crippen molar-refractivity contribution in [2.75, 3.05) is 13.2 Å². The SMILES string of the molecule is O=C(O)Cc1coc(CC2CCOCC2)n1. The molecule has 0 spiro atoms. The molecule has 0 unspecified atom stereocenters. The lowest BCUT2D eigenvalue weighted by Gasteiger charge is -2.20. The number of aliphatic carboxylic acids is 1. The van der Waals surface area contributed by atoms with Gasteiger partial charge in [-0.25, -0.2) is 4.98 Å². The Balaban J connectivity index is 1.88. The molecule has 2 heterocycles. The molecule has 1 N–H and O–H groups in total. The molecule has 1 aromatic rings. The summed E-state index contributed by atoms with van der Waals surface area (Å²) >= 11 is 0. The molecule has 2 rings (SSSR count). The topological polar surface area (TPSA) is 72.6 Å². The summed E-state index contributed by atoms with van der Waals surface area (Å²) in [6, 6.07) is 0. The van der Waals surface area contributed by atoms with Gasteiger partial charge in [0.15, 0.2) is 5.89 Å². The summed E-state index contributed by atoms with van der Waals surface area (Å²) in [4.78, 5) is 14.6. The predicted molar refractivity (Wildman–Crippen MR) is 55.1 cm³/mol. The highest BCUT2D eigenvalue weighted by Crippen LogP contribution is 2.19. The lowest BCUT2D eigenvalue weighted by atomic mass is 9.97. The Morgan fingerprint density at radius 2 is 2.25 bits per heavy atom. The zero-order valence-electron chi connectivity index (χ0n) is 9.02. The van der Waals surface area contributed by atoms with Crippen molar-refractivity contribution in [2.45, 2.75) is 25.7 Å². The van der Waals surface area contributed by atoms with Gasteiger partial charge >= 0.3 is 5.97 Å². The first-order valence-corrected chi connectivity index (χ1v) is 5.47. The molecule has 5 heteroatoms. The van der Waals surface area contributed by atoms with Crippen molar-refractivity contribution in [1.82, 2.24) is 4.98 Å². The van der Waals surface area contributed by atoms with Crippen LogP contribution in [-0.4, -0.2) is 29.3 Å². The van der Waals surface area contributed by atoms with Crippen molar-refractivity contribution in [3.05, 3.63) is 17.8 Å². The van der Waals surface area contributed by atoms with Crippen molar-refractivity contribution in [3.8, 4) is 0 Å². The minimum Gasteiger partial charge on any atom is -0.481 e. The maximum atomic E-state index is 10.5. The van der Waals surface area contributed by atoms with E-state index in [1.807, 2.05) is 0 Å². The van der Waals surface area contributed by atoms with Crippen molar-refractivity contribution < 1.29 is 19.1 Å². The van der Waals surface area contributed by atoms with Crippen LogP contribution in [0.5, 0.6) is 0 Å². The second kappa shape index (κ2) is 5.12. The molecular formula is C11H15NO4. The fourth-order valence-corrected chi connectivity index (χ4v) is 1.88. The Morgan fingerprint density at radius 3 is 2.94 bits per heavy atom. The third-order valence-corrected chi connectivity index (χ3v) is 2.74. The number of ether oxygens (including phenoxy) is 1. The molecule has 16 heavy (non-hydrogen) atoms. The second-order valence-electron chi connectivity index (χ2n) is 4.06. The van der Waals surface area contributed by atoms with Gasteiger partial charge in [0.1, 0.15) is 6.26 Å². The molecule has 0 amide bonds. The van der Waals surface area contributed by atoms with E-state index in [1.54, 1.807) is 0 Å². The number of carboxylic acids is 1. The van der Waals surface area contributed by atoms with Gasteiger partial charge in [0.25, 0.3) is 0 Å². The van der Waals surface area contributed by atoms with Crippen LogP contribution in [0.3, 0.4) is 0 Å². The Morgan fingerprint density at radius 1 is 1.50 bits per heavy atom. The summed E-state index contributed by atoms with van der Waals surface area (Å²) in [5, 5.41) is 8.60. The number of hydrogen-bond acceptors (Lipinski definition) is 4. The van der Waals surface area contributed by atoms with Crippen LogP contribution in [0.1, 0.15) is 24.4 Å². The number of hydrogen-bond donors (Lipinski definition) is 1. The lowest BCUT2D eigenvalue weighted by molar-refractivity contribution is -0.136. The minimum absolute atomic E-state index is 0.0721. The van der Waals surface area contributed by atoms with Gasteiger partial charge in [0, 0.05) is 19.6 Å². The molecule has 0 aliphatic carbocycles. The van der Waals surface area contributed by atoms with Crippen LogP contribution in [0.4, 0.5) is 0 Å². The van der Waals surface area contributed by atoms with Gasteiger partial charge in [-0.2, -0.15) is 0 Å². The molecule has 1 aliphatic heterocycles. The second-order valence-corrected chi connectivity index (χ2v) is 4.06. The van der Waals surface area contributed by atoms with Crippen LogP contribution >= 0.6 is 0 Å². The number of nitrogens with zero attached hydrogens (tertiary/aromatic N) is 1. The van der Waals surface area contributed by atoms with Crippen LogP contribution in [-0.2, 0) is 22.4 Å². The van der Waals surface area contributed by atoms with Gasteiger partial charge in [-0.3, -0.25) is 4.79 Å². The van der Waals surface area contributed by atoms with E-state index in [0.717, 1.165) is 32.5 Å². The summed E-state index contributed by atoms with van der Waals surface area (Å²) in [5.41, 5.74) is 0.495. The molecular weight excluding hydrogens is 210 g/mol. The first-order valence-electron chi connectivity index (χ1n) is 5.47. The highest BCUT2D eigenvalue weighted by Gasteiger charge is 2.17. The lowest BCUT2D eigenvalue weighted by Crippen LogP contribution is -2.17. The Labute approximate surface area is 93.4 Å². The maximum Gasteiger partial charge on any atom is 0.309 e. The minimum atomic E-state index is -0.883. The average Bonchev–Trinajstić information content (AvgIpc) is 2.66. The normalized spacial score (nSPS) is 17.5. The molecule has 0 saturated carbocycles. The van der Waals surface area contributed by atoms with E-state index < -0.39 is 5.97 Å². The van der Waals surface area contributed by atoms with Crippen LogP contribution < -0.4 is 0 Å². The molecule has 1 fully saturated rings. The average molecular weight is 225 g/mol. The van der Waals surface area contributed by atoms with E-state index in [2.05, 4.69) is 4.98 Å². The highest BCUT2D eigenvalue weighted by atomic mass is 16.5. The van der Waals surface area contributed by atoms with Gasteiger partial charge in [0.2, 0.25) is 0 Å². The molecule has 1 aliphatic rings. The molecule has 0 radical (unpaired) electrons. The van der Waals surface area contributed by atoms with Crippen LogP contribution in [0.2, 0.25) is 0 Å². The number of carboxylic acid groups (broad SMARTS) is 1. The quantitative estimate of drug-likeness (QED) is 0.835. The standard InChI is InChI=1S/C11H15NO4/c13-11(14)6-9-7-16-10(12-9)5-8-1-3-15-4-2-8/h7-8H,1-6H2,(H,13,14). The number of rotatable bonds is 4. The zero-order valence-corrected chi connectivity index (χ0v) is 9.02. The van der Waals surface area contributed by atoms with Crippen molar-refractivity contribution >= 4 is 5.97 Å². The monoisotopic (exact) mass is 225 g/mol. The van der Waals surface area contributed by atoms with E-state index in [4.69, 9.17) is 14.3 Å². The highest BCUT2D eigenvalue weighted by molar-refractivity contribution is 5.69. The number of carbonyl (C=O) groups is 1. The fraction of sp³-hybridized carbons (Fsp3) is 0.636. The molecule has 0 bridgehead atoms. The van der Waals surface area contributed by atoms with E-state index >= 15 is 0 Å². The van der Waals surface area contributed by atoms with Crippen LogP contribution in [0, 0.1) is 5.92 Å². The third-order valence-electron chi connectivity index (χ3n) is 2.74. The van der Waals surface area contributed by atoms with Gasteiger partial charge in [-0.05, 0) is 18.8 Å². The molecule has 1 saturated heterocycles. The van der Waals surface area contributed by atoms with E-state index in [9.17, 15) is 4.79 Å². The first-order chi connectivity index (χ1) is 7.74. The van der Waals surface area contributed by atoms with Crippen molar-refractivity contribution in [1.29, 1.82) is 0 Å². The Hall–Kier alpha value is -1.36. The molecule has 88 valence electrons. The summed E-state index contributed by atoms with van der Waals surface area (Å²) in [5.74, 6) is 0.305. The molecule has 1 aromatic heterocycles. The van der Waals surface area contributed by atoms with E-state index in [-0.39, 0.29) is 6.42 Å². The van der Waals surface area contributed by atoms with Crippen LogP contribution in [0.15, 0.2) is 10.7 Å². The van der Waals surface area contributed by atoms with Gasteiger partial charge in [0.05, 0.1) is 12.1 Å². The van der Waals surface area contributed by atoms with Gasteiger partial charge in [-0.15, -0.1) is 0 Å². The number of aromatic nitrogens is 1. The maximum absolute atomic E-state index is 10.5. The summed E-state index contributed by atoms with van der Waals surface area (Å²) in [6.07, 6.45) is 4.19. The largest absolute Gasteiger partial charge is 0.481 e. The molecule has 0 atom stereocenters. The molecule has 0 aromatic carbocycles. The fourth-order valence-electron chi connectivity index (χ4n) is 1.88. The van der Waals surface area contributed by atoms with Gasteiger partial charge < -0.3 is 14.3 Å². The van der Waals surface area contributed by atoms with E-state index in [0.29, 0.717) is 17.5 Å². The summed E-state index contributed by atoms with van der Waals surface area (Å²) in [6.45, 7) is 1.60. The summed E-state index contributed by atoms with van der Waals surface area (Å²) < 4.78 is 10.5. The number of oxazole rings is 1. The third kappa shape index (κ3) is 3.06. The summed E-state index contributed by atoms with van der Waals surface area (Å²) in [7, 11) is 0. The first kappa shape index (κ1) is 11.1. The molecule has 5 nitrogen and oxygen atoms in total. The predicted octanol–water partition coefficient (Wildman–Crippen LogP) is 1.27. The van der Waals surface area contributed by atoms with Crippen LogP contribution in [0.25, 0.3) is 0 Å². The van der Waals surface area contributed by atoms with Crippen molar-refractivity contribution in [3.63, 3.8) is 0 Å². The Kier molecular flexibility index (Phi) is 3.56. The van der Waals surface area contributed by atoms with Crippen molar-refractivity contribution in [2.24, 2.45) is 5.92 Å². The Bertz CT molecular complexity index is 355. The zero-order chi connectivity index (χ0) is 11.4. The van der Waals surface area contributed by atoms with E-state index in [1.165, 1.54) is 6.26 Å². The smallest absolute Gasteiger partial charge is 0.309 e.